The summed E-state index contributed by atoms with van der Waals surface area (Å²) < 4.78 is 5.40. The molecule has 0 saturated heterocycles. The van der Waals surface area contributed by atoms with Gasteiger partial charge in [-0.05, 0) is 13.8 Å². The lowest BCUT2D eigenvalue weighted by Gasteiger charge is -2.09. The molecular formula is C9H16N4O2S. The maximum absolute atomic E-state index is 8.73. The number of nitrogens with zero attached hydrogens (tertiary/aromatic N) is 3. The smallest absolute Gasteiger partial charge is 0.322 e. The Bertz CT molecular complexity index is 335. The van der Waals surface area contributed by atoms with Crippen molar-refractivity contribution in [1.82, 2.24) is 15.0 Å². The van der Waals surface area contributed by atoms with Crippen LogP contribution in [0, 0.1) is 0 Å². The van der Waals surface area contributed by atoms with Crippen LogP contribution in [0.5, 0.6) is 6.01 Å². The van der Waals surface area contributed by atoms with Crippen LogP contribution in [0.1, 0.15) is 13.8 Å². The van der Waals surface area contributed by atoms with Crippen LogP contribution < -0.4 is 10.1 Å². The number of aliphatic hydroxyl groups is 1. The highest BCUT2D eigenvalue weighted by Gasteiger charge is 2.08. The number of ether oxygens (including phenoxy) is 1. The Balaban J connectivity index is 2.82. The molecule has 0 fully saturated rings. The van der Waals surface area contributed by atoms with Gasteiger partial charge < -0.3 is 15.2 Å². The molecular weight excluding hydrogens is 228 g/mol. The standard InChI is InChI=1S/C9H16N4O2S/c1-6(2)15-8-11-7(10-3)12-9(13-8)16-5-4-14/h6,14H,4-5H2,1-3H3,(H,10,11,12,13). The highest BCUT2D eigenvalue weighted by molar-refractivity contribution is 7.99. The summed E-state index contributed by atoms with van der Waals surface area (Å²) in [6, 6.07) is 0.301. The normalized spacial score (nSPS) is 10.6. The fourth-order valence-electron chi connectivity index (χ4n) is 0.915. The van der Waals surface area contributed by atoms with Gasteiger partial charge in [0, 0.05) is 12.8 Å². The molecule has 90 valence electrons. The van der Waals surface area contributed by atoms with E-state index in [9.17, 15) is 0 Å². The van der Waals surface area contributed by atoms with Crippen molar-refractivity contribution in [3.63, 3.8) is 0 Å². The molecule has 0 aliphatic rings. The fraction of sp³-hybridized carbons (Fsp3) is 0.667. The van der Waals surface area contributed by atoms with Gasteiger partial charge >= 0.3 is 6.01 Å². The molecule has 1 aromatic rings. The van der Waals surface area contributed by atoms with Gasteiger partial charge in [-0.25, -0.2) is 0 Å². The molecule has 16 heavy (non-hydrogen) atoms. The van der Waals surface area contributed by atoms with Crippen molar-refractivity contribution < 1.29 is 9.84 Å². The zero-order valence-electron chi connectivity index (χ0n) is 9.60. The molecule has 0 amide bonds. The van der Waals surface area contributed by atoms with Crippen LogP contribution in [0.3, 0.4) is 0 Å². The minimum absolute atomic E-state index is 0.0165. The summed E-state index contributed by atoms with van der Waals surface area (Å²) in [5.74, 6) is 1.01. The van der Waals surface area contributed by atoms with Gasteiger partial charge in [-0.15, -0.1) is 0 Å². The summed E-state index contributed by atoms with van der Waals surface area (Å²) >= 11 is 1.36. The maximum Gasteiger partial charge on any atom is 0.322 e. The third-order valence-electron chi connectivity index (χ3n) is 1.48. The van der Waals surface area contributed by atoms with E-state index in [2.05, 4.69) is 20.3 Å². The summed E-state index contributed by atoms with van der Waals surface area (Å²) in [5, 5.41) is 12.1. The Hall–Kier alpha value is -1.08. The minimum Gasteiger partial charge on any atom is -0.461 e. The molecule has 6 nitrogen and oxygen atoms in total. The molecule has 0 unspecified atom stereocenters. The molecule has 0 spiro atoms. The van der Waals surface area contributed by atoms with Gasteiger partial charge in [0.05, 0.1) is 12.7 Å². The number of rotatable bonds is 6. The van der Waals surface area contributed by atoms with Gasteiger partial charge in [0.15, 0.2) is 5.16 Å². The van der Waals surface area contributed by atoms with Gasteiger partial charge in [-0.1, -0.05) is 11.8 Å². The summed E-state index contributed by atoms with van der Waals surface area (Å²) in [4.78, 5) is 12.3. The topological polar surface area (TPSA) is 80.2 Å². The predicted octanol–water partition coefficient (Wildman–Crippen LogP) is 0.785. The van der Waals surface area contributed by atoms with Crippen LogP contribution >= 0.6 is 11.8 Å². The Morgan fingerprint density at radius 2 is 2.12 bits per heavy atom. The highest BCUT2D eigenvalue weighted by atomic mass is 32.2. The first-order valence-corrected chi connectivity index (χ1v) is 5.98. The zero-order valence-corrected chi connectivity index (χ0v) is 10.4. The van der Waals surface area contributed by atoms with Crippen LogP contribution in [0.25, 0.3) is 0 Å². The molecule has 0 aliphatic heterocycles. The Morgan fingerprint density at radius 3 is 2.69 bits per heavy atom. The van der Waals surface area contributed by atoms with E-state index in [1.54, 1.807) is 7.05 Å². The first-order chi connectivity index (χ1) is 7.65. The lowest BCUT2D eigenvalue weighted by atomic mass is 10.5. The lowest BCUT2D eigenvalue weighted by Crippen LogP contribution is -2.11. The Kier molecular flexibility index (Phi) is 5.27. The first kappa shape index (κ1) is 13.0. The number of hydrogen-bond acceptors (Lipinski definition) is 7. The van der Waals surface area contributed by atoms with E-state index in [0.29, 0.717) is 22.9 Å². The quantitative estimate of drug-likeness (QED) is 0.716. The zero-order chi connectivity index (χ0) is 12.0. The van der Waals surface area contributed by atoms with Crippen LogP contribution in [-0.4, -0.2) is 45.6 Å². The number of hydrogen-bond donors (Lipinski definition) is 2. The first-order valence-electron chi connectivity index (χ1n) is 5.00. The predicted molar refractivity (Wildman–Crippen MR) is 62.9 cm³/mol. The SMILES string of the molecule is CNc1nc(OC(C)C)nc(SCCO)n1. The van der Waals surface area contributed by atoms with E-state index in [1.165, 1.54) is 11.8 Å². The second kappa shape index (κ2) is 6.49. The molecule has 0 atom stereocenters. The second-order valence-corrected chi connectivity index (χ2v) is 4.27. The Morgan fingerprint density at radius 1 is 1.38 bits per heavy atom. The lowest BCUT2D eigenvalue weighted by molar-refractivity contribution is 0.219. The van der Waals surface area contributed by atoms with Crippen LogP contribution in [0.15, 0.2) is 5.16 Å². The van der Waals surface area contributed by atoms with E-state index in [4.69, 9.17) is 9.84 Å². The number of nitrogens with one attached hydrogen (secondary N) is 1. The van der Waals surface area contributed by atoms with Crippen LogP contribution in [-0.2, 0) is 0 Å². The van der Waals surface area contributed by atoms with Gasteiger partial charge in [0.1, 0.15) is 0 Å². The van der Waals surface area contributed by atoms with E-state index in [1.807, 2.05) is 13.8 Å². The summed E-state index contributed by atoms with van der Waals surface area (Å²) in [6.45, 7) is 3.90. The van der Waals surface area contributed by atoms with Crippen molar-refractivity contribution in [2.75, 3.05) is 24.7 Å². The van der Waals surface area contributed by atoms with Crippen molar-refractivity contribution in [3.05, 3.63) is 0 Å². The average Bonchev–Trinajstić information content (AvgIpc) is 2.25. The number of aliphatic hydroxyl groups excluding tert-OH is 1. The monoisotopic (exact) mass is 244 g/mol. The summed E-state index contributed by atoms with van der Waals surface area (Å²) in [7, 11) is 1.73. The molecule has 1 rings (SSSR count). The molecule has 0 saturated carbocycles. The molecule has 0 aromatic carbocycles. The number of anilines is 1. The summed E-state index contributed by atoms with van der Waals surface area (Å²) in [5.41, 5.74) is 0. The van der Waals surface area contributed by atoms with E-state index >= 15 is 0 Å². The van der Waals surface area contributed by atoms with E-state index in [-0.39, 0.29) is 12.7 Å². The largest absolute Gasteiger partial charge is 0.461 e. The molecule has 2 N–H and O–H groups in total. The highest BCUT2D eigenvalue weighted by Crippen LogP contribution is 2.17. The fourth-order valence-corrected chi connectivity index (χ4v) is 1.48. The van der Waals surface area contributed by atoms with Gasteiger partial charge in [0.25, 0.3) is 0 Å². The van der Waals surface area contributed by atoms with E-state index in [0.717, 1.165) is 0 Å². The van der Waals surface area contributed by atoms with Crippen molar-refractivity contribution in [2.24, 2.45) is 0 Å². The second-order valence-electron chi connectivity index (χ2n) is 3.21. The molecule has 7 heteroatoms. The molecule has 1 heterocycles. The van der Waals surface area contributed by atoms with Gasteiger partial charge in [-0.3, -0.25) is 0 Å². The maximum atomic E-state index is 8.73. The Labute approximate surface area is 98.9 Å². The van der Waals surface area contributed by atoms with E-state index < -0.39 is 0 Å². The van der Waals surface area contributed by atoms with Crippen LogP contribution in [0.4, 0.5) is 5.95 Å². The van der Waals surface area contributed by atoms with Crippen molar-refractivity contribution >= 4 is 17.7 Å². The van der Waals surface area contributed by atoms with Crippen molar-refractivity contribution in [1.29, 1.82) is 0 Å². The third-order valence-corrected chi connectivity index (χ3v) is 2.31. The number of aromatic nitrogens is 3. The van der Waals surface area contributed by atoms with Crippen molar-refractivity contribution in [3.8, 4) is 6.01 Å². The summed E-state index contributed by atoms with van der Waals surface area (Å²) in [6.07, 6.45) is 0.0165. The average molecular weight is 244 g/mol. The third kappa shape index (κ3) is 4.19. The molecule has 0 aliphatic carbocycles. The van der Waals surface area contributed by atoms with Gasteiger partial charge in [0.2, 0.25) is 5.95 Å². The van der Waals surface area contributed by atoms with Crippen LogP contribution in [0.2, 0.25) is 0 Å². The molecule has 0 radical (unpaired) electrons. The van der Waals surface area contributed by atoms with Gasteiger partial charge in [-0.2, -0.15) is 15.0 Å². The molecule has 1 aromatic heterocycles. The molecule has 0 bridgehead atoms. The van der Waals surface area contributed by atoms with Crippen molar-refractivity contribution in [2.45, 2.75) is 25.1 Å². The minimum atomic E-state index is 0.0165. The number of thioether (sulfide) groups is 1.